The summed E-state index contributed by atoms with van der Waals surface area (Å²) in [5.41, 5.74) is 22.4. The second-order valence-electron chi connectivity index (χ2n) is 20.4. The van der Waals surface area contributed by atoms with Crippen molar-refractivity contribution in [1.82, 2.24) is 0 Å². The van der Waals surface area contributed by atoms with Crippen molar-refractivity contribution < 1.29 is 0 Å². The van der Waals surface area contributed by atoms with Crippen LogP contribution in [0.1, 0.15) is 112 Å². The Balaban J connectivity index is 1.15. The quantitative estimate of drug-likeness (QED) is 0.164. The highest BCUT2D eigenvalue weighted by molar-refractivity contribution is 9.10. The van der Waals surface area contributed by atoms with Gasteiger partial charge < -0.3 is 9.80 Å². The molecule has 6 aromatic rings. The third-order valence-corrected chi connectivity index (χ3v) is 16.3. The molecule has 0 bridgehead atoms. The largest absolute Gasteiger partial charge is 0.310 e. The molecule has 6 aromatic carbocycles. The fraction of sp³-hybridized carbons (Fsp3) is 0.345. The Kier molecular flexibility index (Phi) is 8.57. The molecule has 0 radical (unpaired) electrons. The van der Waals surface area contributed by atoms with Crippen LogP contribution in [0.15, 0.2) is 118 Å². The molecule has 2 nitrogen and oxygen atoms in total. The molecule has 0 heterocycles. The molecule has 4 aliphatic carbocycles. The number of fused-ring (bicyclic) bond motifs is 3. The minimum absolute atomic E-state index is 0.0800. The number of rotatable bonds is 6. The molecular formula is C55H56Br2N2. The van der Waals surface area contributed by atoms with Crippen LogP contribution in [0.2, 0.25) is 0 Å². The summed E-state index contributed by atoms with van der Waals surface area (Å²) < 4.78 is 2.19. The van der Waals surface area contributed by atoms with Crippen molar-refractivity contribution in [3.63, 3.8) is 0 Å². The summed E-state index contributed by atoms with van der Waals surface area (Å²) in [4.78, 5) is 5.07. The minimum Gasteiger partial charge on any atom is -0.310 e. The molecule has 0 saturated heterocycles. The van der Waals surface area contributed by atoms with Gasteiger partial charge in [-0.2, -0.15) is 0 Å². The van der Waals surface area contributed by atoms with Gasteiger partial charge in [0.15, 0.2) is 0 Å². The third-order valence-electron chi connectivity index (χ3n) is 15.2. The Labute approximate surface area is 369 Å². The van der Waals surface area contributed by atoms with Crippen LogP contribution in [-0.4, -0.2) is 0 Å². The summed E-state index contributed by atoms with van der Waals surface area (Å²) in [5.74, 6) is 0. The van der Waals surface area contributed by atoms with E-state index in [1.165, 1.54) is 104 Å². The summed E-state index contributed by atoms with van der Waals surface area (Å²) in [6.07, 6.45) is 5.19. The van der Waals surface area contributed by atoms with E-state index in [-0.39, 0.29) is 21.7 Å². The van der Waals surface area contributed by atoms with E-state index < -0.39 is 0 Å². The van der Waals surface area contributed by atoms with E-state index >= 15 is 0 Å². The van der Waals surface area contributed by atoms with E-state index in [9.17, 15) is 0 Å². The average molecular weight is 905 g/mol. The first-order valence-corrected chi connectivity index (χ1v) is 23.1. The molecule has 0 amide bonds. The molecule has 0 N–H and O–H groups in total. The average Bonchev–Trinajstić information content (AvgIpc) is 3.43. The van der Waals surface area contributed by atoms with Crippen LogP contribution >= 0.6 is 31.9 Å². The summed E-state index contributed by atoms with van der Waals surface area (Å²) in [6.45, 7) is 23.1. The van der Waals surface area contributed by atoms with Crippen LogP contribution < -0.4 is 9.80 Å². The maximum absolute atomic E-state index is 3.72. The molecule has 0 aromatic heterocycles. The number of hydrogen-bond donors (Lipinski definition) is 0. The van der Waals surface area contributed by atoms with Gasteiger partial charge in [-0.05, 0) is 198 Å². The van der Waals surface area contributed by atoms with E-state index in [4.69, 9.17) is 0 Å². The highest BCUT2D eigenvalue weighted by Gasteiger charge is 2.96. The molecule has 0 unspecified atom stereocenters. The van der Waals surface area contributed by atoms with Crippen molar-refractivity contribution in [3.05, 3.63) is 163 Å². The van der Waals surface area contributed by atoms with E-state index in [1.54, 1.807) is 11.1 Å². The molecule has 4 heteroatoms. The molecule has 4 aliphatic rings. The van der Waals surface area contributed by atoms with Crippen LogP contribution in [-0.2, 0) is 21.7 Å². The monoisotopic (exact) mass is 902 g/mol. The second-order valence-corrected chi connectivity index (χ2v) is 22.2. The van der Waals surface area contributed by atoms with Crippen LogP contribution in [0.5, 0.6) is 0 Å². The lowest BCUT2D eigenvalue weighted by molar-refractivity contribution is 0.183. The fourth-order valence-corrected chi connectivity index (χ4v) is 13.0. The van der Waals surface area contributed by atoms with Crippen molar-refractivity contribution in [2.75, 3.05) is 9.80 Å². The molecule has 59 heavy (non-hydrogen) atoms. The normalized spacial score (nSPS) is 22.2. The lowest BCUT2D eigenvalue weighted by Gasteiger charge is -2.38. The Morgan fingerprint density at radius 1 is 0.424 bits per heavy atom. The highest BCUT2D eigenvalue weighted by Crippen LogP contribution is 2.99. The fourth-order valence-electron chi connectivity index (χ4n) is 12.4. The molecule has 3 saturated carbocycles. The number of aryl methyl sites for hydroxylation is 4. The predicted octanol–water partition coefficient (Wildman–Crippen LogP) is 16.7. The van der Waals surface area contributed by atoms with Gasteiger partial charge in [0.2, 0.25) is 0 Å². The first-order valence-electron chi connectivity index (χ1n) is 21.6. The first-order chi connectivity index (χ1) is 27.9. The van der Waals surface area contributed by atoms with Crippen molar-refractivity contribution in [3.8, 4) is 11.1 Å². The Bertz CT molecular complexity index is 2480. The van der Waals surface area contributed by atoms with Gasteiger partial charge in [-0.25, -0.2) is 0 Å². The Hall–Kier alpha value is -4.12. The highest BCUT2D eigenvalue weighted by atomic mass is 79.9. The van der Waals surface area contributed by atoms with Crippen molar-refractivity contribution in [2.24, 2.45) is 5.41 Å². The SMILES string of the molecule is Cc1cc(C(C)(C)C)cc(C)c1N(c1ccc(Br)cc1)c1ccc2c(c1)[C@@]13CCC14CC[C@]43c1cc(N(c3ccc(Br)cc3)c3c(C)cc(C(C)(C)C)cc3C)ccc1-2. The molecule has 0 aliphatic heterocycles. The maximum Gasteiger partial charge on any atom is 0.0520 e. The number of benzene rings is 6. The van der Waals surface area contributed by atoms with Gasteiger partial charge in [-0.1, -0.05) is 110 Å². The Morgan fingerprint density at radius 3 is 1.03 bits per heavy atom. The summed E-state index contributed by atoms with van der Waals surface area (Å²) in [5, 5.41) is 0. The van der Waals surface area contributed by atoms with Gasteiger partial charge in [-0.15, -0.1) is 0 Å². The Morgan fingerprint density at radius 2 is 0.746 bits per heavy atom. The van der Waals surface area contributed by atoms with E-state index in [1.807, 2.05) is 0 Å². The second kappa shape index (κ2) is 12.9. The standard InChI is InChI=1S/C55H56Br2N2/c1-33-27-37(51(5,6)7)28-34(2)49(33)58(41-15-11-39(56)12-16-41)43-19-21-45-46-22-20-44(32-48(46)55-26-24-53(55)23-25-54(53,55)47(45)31-43)59(42-17-13-40(57)14-18-42)50-35(3)29-38(30-36(50)4)52(8,9)10/h11-22,27-32H,23-26H2,1-10H3/t53?,54-,55-/m0/s1. The third kappa shape index (κ3) is 5.33. The molecular weight excluding hydrogens is 848 g/mol. The van der Waals surface area contributed by atoms with E-state index in [2.05, 4.69) is 220 Å². The molecule has 10 rings (SSSR count). The number of anilines is 6. The first kappa shape index (κ1) is 39.0. The zero-order valence-electron chi connectivity index (χ0n) is 36.4. The van der Waals surface area contributed by atoms with Crippen molar-refractivity contribution in [1.29, 1.82) is 0 Å². The van der Waals surface area contributed by atoms with Gasteiger partial charge in [-0.3, -0.25) is 0 Å². The van der Waals surface area contributed by atoms with Gasteiger partial charge >= 0.3 is 0 Å². The van der Waals surface area contributed by atoms with Crippen LogP contribution in [0, 0.1) is 33.1 Å². The van der Waals surface area contributed by atoms with Gasteiger partial charge in [0.1, 0.15) is 0 Å². The number of hydrogen-bond acceptors (Lipinski definition) is 2. The molecule has 300 valence electrons. The van der Waals surface area contributed by atoms with E-state index in [0.29, 0.717) is 5.41 Å². The minimum atomic E-state index is 0.0800. The topological polar surface area (TPSA) is 6.48 Å². The summed E-state index contributed by atoms with van der Waals surface area (Å²) in [6, 6.07) is 42.4. The van der Waals surface area contributed by atoms with Crippen LogP contribution in [0.3, 0.4) is 0 Å². The zero-order valence-corrected chi connectivity index (χ0v) is 39.5. The van der Waals surface area contributed by atoms with Gasteiger partial charge in [0.25, 0.3) is 0 Å². The lowest BCUT2D eigenvalue weighted by Crippen LogP contribution is -2.30. The van der Waals surface area contributed by atoms with Gasteiger partial charge in [0, 0.05) is 42.5 Å². The number of halogens is 2. The predicted molar refractivity (Wildman–Crippen MR) is 257 cm³/mol. The van der Waals surface area contributed by atoms with Gasteiger partial charge in [0.05, 0.1) is 11.4 Å². The molecule has 3 fully saturated rings. The lowest BCUT2D eigenvalue weighted by atomic mass is 9.66. The van der Waals surface area contributed by atoms with Crippen LogP contribution in [0.25, 0.3) is 11.1 Å². The smallest absolute Gasteiger partial charge is 0.0520 e. The van der Waals surface area contributed by atoms with Crippen molar-refractivity contribution in [2.45, 2.75) is 117 Å². The summed E-state index contributed by atoms with van der Waals surface area (Å²) >= 11 is 7.44. The van der Waals surface area contributed by atoms with Crippen molar-refractivity contribution >= 4 is 66.0 Å². The molecule has 3 spiro atoms. The molecule has 2 atom stereocenters. The maximum atomic E-state index is 3.72. The number of nitrogens with zero attached hydrogens (tertiary/aromatic N) is 2. The zero-order chi connectivity index (χ0) is 41.6. The van der Waals surface area contributed by atoms with Crippen LogP contribution in [0.4, 0.5) is 34.1 Å². The summed E-state index contributed by atoms with van der Waals surface area (Å²) in [7, 11) is 0. The van der Waals surface area contributed by atoms with E-state index in [0.717, 1.165) is 8.95 Å².